The number of hydrogen-bond acceptors (Lipinski definition) is 4. The van der Waals surface area contributed by atoms with E-state index in [0.717, 1.165) is 12.1 Å². The normalized spacial score (nSPS) is 14.2. The molecule has 0 bridgehead atoms. The molecule has 0 atom stereocenters. The van der Waals surface area contributed by atoms with Crippen molar-refractivity contribution < 1.29 is 14.3 Å². The first-order chi connectivity index (χ1) is 12.6. The first-order valence-electron chi connectivity index (χ1n) is 8.62. The average molecular weight is 350 g/mol. The Labute approximate surface area is 153 Å². The summed E-state index contributed by atoms with van der Waals surface area (Å²) < 4.78 is 5.19. The number of para-hydroxylation sites is 1. The Kier molecular flexibility index (Phi) is 5.07. The SMILES string of the molecule is CCCN1C(=O)C(c2ccc(OC)cc2)=C(N(C)c2ccccc2)C1=O. The molecule has 2 aromatic carbocycles. The summed E-state index contributed by atoms with van der Waals surface area (Å²) in [5, 5.41) is 0. The quantitative estimate of drug-likeness (QED) is 0.750. The predicted molar refractivity (Wildman–Crippen MR) is 102 cm³/mol. The fourth-order valence-electron chi connectivity index (χ4n) is 3.10. The highest BCUT2D eigenvalue weighted by atomic mass is 16.5. The van der Waals surface area contributed by atoms with E-state index in [4.69, 9.17) is 4.74 Å². The summed E-state index contributed by atoms with van der Waals surface area (Å²) in [6.07, 6.45) is 0.718. The van der Waals surface area contributed by atoms with Crippen LogP contribution in [0, 0.1) is 0 Å². The number of hydrogen-bond donors (Lipinski definition) is 0. The van der Waals surface area contributed by atoms with E-state index < -0.39 is 0 Å². The molecular formula is C21H22N2O3. The van der Waals surface area contributed by atoms with Crippen LogP contribution in [-0.2, 0) is 9.59 Å². The second kappa shape index (κ2) is 7.44. The lowest BCUT2D eigenvalue weighted by Gasteiger charge is -2.21. The van der Waals surface area contributed by atoms with E-state index >= 15 is 0 Å². The number of ether oxygens (including phenoxy) is 1. The average Bonchev–Trinajstić information content (AvgIpc) is 2.93. The number of amides is 2. The largest absolute Gasteiger partial charge is 0.497 e. The molecule has 26 heavy (non-hydrogen) atoms. The third-order valence-electron chi connectivity index (χ3n) is 4.45. The van der Waals surface area contributed by atoms with Crippen LogP contribution in [0.15, 0.2) is 60.3 Å². The number of rotatable bonds is 6. The van der Waals surface area contributed by atoms with Crippen LogP contribution >= 0.6 is 0 Å². The predicted octanol–water partition coefficient (Wildman–Crippen LogP) is 3.32. The topological polar surface area (TPSA) is 49.9 Å². The maximum atomic E-state index is 13.0. The van der Waals surface area contributed by atoms with Crippen molar-refractivity contribution in [3.63, 3.8) is 0 Å². The fourth-order valence-corrected chi connectivity index (χ4v) is 3.10. The van der Waals surface area contributed by atoms with Crippen LogP contribution in [-0.4, -0.2) is 37.4 Å². The van der Waals surface area contributed by atoms with Crippen molar-refractivity contribution in [2.24, 2.45) is 0 Å². The van der Waals surface area contributed by atoms with E-state index in [0.29, 0.717) is 29.1 Å². The minimum atomic E-state index is -0.256. The van der Waals surface area contributed by atoms with E-state index in [2.05, 4.69) is 0 Å². The van der Waals surface area contributed by atoms with Crippen LogP contribution in [0.5, 0.6) is 5.75 Å². The molecule has 0 aromatic heterocycles. The van der Waals surface area contributed by atoms with E-state index in [1.807, 2.05) is 56.4 Å². The molecular weight excluding hydrogens is 328 g/mol. The number of carbonyl (C=O) groups excluding carboxylic acids is 2. The minimum Gasteiger partial charge on any atom is -0.497 e. The van der Waals surface area contributed by atoms with Crippen LogP contribution in [0.25, 0.3) is 5.57 Å². The first kappa shape index (κ1) is 17.7. The molecule has 0 aliphatic carbocycles. The molecule has 1 aliphatic rings. The van der Waals surface area contributed by atoms with Gasteiger partial charge in [0.25, 0.3) is 11.8 Å². The molecule has 0 spiro atoms. The van der Waals surface area contributed by atoms with Crippen molar-refractivity contribution in [1.29, 1.82) is 0 Å². The van der Waals surface area contributed by atoms with Gasteiger partial charge in [-0.2, -0.15) is 0 Å². The summed E-state index contributed by atoms with van der Waals surface area (Å²) in [6.45, 7) is 2.36. The molecule has 0 N–H and O–H groups in total. The Bertz CT molecular complexity index is 841. The van der Waals surface area contributed by atoms with Crippen molar-refractivity contribution in [2.75, 3.05) is 25.6 Å². The van der Waals surface area contributed by atoms with Crippen molar-refractivity contribution in [3.8, 4) is 5.75 Å². The van der Waals surface area contributed by atoms with E-state index in [1.165, 1.54) is 4.90 Å². The number of benzene rings is 2. The van der Waals surface area contributed by atoms with E-state index in [1.54, 1.807) is 24.1 Å². The number of imide groups is 1. The molecule has 3 rings (SSSR count). The van der Waals surface area contributed by atoms with Crippen molar-refractivity contribution in [3.05, 3.63) is 65.9 Å². The highest BCUT2D eigenvalue weighted by Crippen LogP contribution is 2.34. The Morgan fingerprint density at radius 3 is 2.19 bits per heavy atom. The molecule has 0 saturated carbocycles. The second-order valence-corrected chi connectivity index (χ2v) is 6.11. The van der Waals surface area contributed by atoms with Crippen molar-refractivity contribution in [1.82, 2.24) is 4.90 Å². The highest BCUT2D eigenvalue weighted by molar-refractivity contribution is 6.36. The zero-order valence-electron chi connectivity index (χ0n) is 15.2. The van der Waals surface area contributed by atoms with Gasteiger partial charge >= 0.3 is 0 Å². The van der Waals surface area contributed by atoms with Gasteiger partial charge in [0.05, 0.1) is 12.7 Å². The standard InChI is InChI=1S/C21H22N2O3/c1-4-14-23-20(24)18(15-10-12-17(26-3)13-11-15)19(21(23)25)22(2)16-8-6-5-7-9-16/h5-13H,4,14H2,1-3H3. The number of carbonyl (C=O) groups is 2. The van der Waals surface area contributed by atoms with Crippen LogP contribution in [0.2, 0.25) is 0 Å². The first-order valence-corrected chi connectivity index (χ1v) is 8.62. The lowest BCUT2D eigenvalue weighted by Crippen LogP contribution is -2.34. The molecule has 5 nitrogen and oxygen atoms in total. The molecule has 5 heteroatoms. The van der Waals surface area contributed by atoms with Crippen LogP contribution < -0.4 is 9.64 Å². The summed E-state index contributed by atoms with van der Waals surface area (Å²) in [5.41, 5.74) is 2.39. The lowest BCUT2D eigenvalue weighted by molar-refractivity contribution is -0.136. The smallest absolute Gasteiger partial charge is 0.278 e. The molecule has 2 amide bonds. The fraction of sp³-hybridized carbons (Fsp3) is 0.238. The van der Waals surface area contributed by atoms with Gasteiger partial charge in [-0.25, -0.2) is 0 Å². The molecule has 0 unspecified atom stereocenters. The zero-order valence-corrected chi connectivity index (χ0v) is 15.2. The van der Waals surface area contributed by atoms with Gasteiger partial charge in [0.2, 0.25) is 0 Å². The van der Waals surface area contributed by atoms with Gasteiger partial charge in [-0.1, -0.05) is 37.3 Å². The zero-order chi connectivity index (χ0) is 18.7. The maximum Gasteiger partial charge on any atom is 0.278 e. The van der Waals surface area contributed by atoms with Crippen LogP contribution in [0.3, 0.4) is 0 Å². The Morgan fingerprint density at radius 2 is 1.62 bits per heavy atom. The number of anilines is 1. The third kappa shape index (κ3) is 3.08. The second-order valence-electron chi connectivity index (χ2n) is 6.11. The van der Waals surface area contributed by atoms with Gasteiger partial charge in [-0.3, -0.25) is 14.5 Å². The van der Waals surface area contributed by atoms with E-state index in [9.17, 15) is 9.59 Å². The van der Waals surface area contributed by atoms with Crippen molar-refractivity contribution >= 4 is 23.1 Å². The molecule has 1 heterocycles. The third-order valence-corrected chi connectivity index (χ3v) is 4.45. The molecule has 0 radical (unpaired) electrons. The van der Waals surface area contributed by atoms with Gasteiger partial charge in [0, 0.05) is 19.3 Å². The Morgan fingerprint density at radius 1 is 0.962 bits per heavy atom. The van der Waals surface area contributed by atoms with Crippen molar-refractivity contribution in [2.45, 2.75) is 13.3 Å². The lowest BCUT2D eigenvalue weighted by atomic mass is 10.0. The molecule has 2 aromatic rings. The van der Waals surface area contributed by atoms with Gasteiger partial charge in [0.1, 0.15) is 11.4 Å². The summed E-state index contributed by atoms with van der Waals surface area (Å²) in [6, 6.07) is 16.8. The molecule has 1 aliphatic heterocycles. The van der Waals surface area contributed by atoms with Gasteiger partial charge in [-0.15, -0.1) is 0 Å². The van der Waals surface area contributed by atoms with Gasteiger partial charge < -0.3 is 9.64 Å². The number of nitrogens with zero attached hydrogens (tertiary/aromatic N) is 2. The van der Waals surface area contributed by atoms with Gasteiger partial charge in [-0.05, 0) is 36.2 Å². The number of methoxy groups -OCH3 is 1. The number of likely N-dealkylation sites (N-methyl/N-ethyl adjacent to an activating group) is 1. The maximum absolute atomic E-state index is 13.0. The highest BCUT2D eigenvalue weighted by Gasteiger charge is 2.40. The summed E-state index contributed by atoms with van der Waals surface area (Å²) in [4.78, 5) is 29.1. The molecule has 0 fully saturated rings. The monoisotopic (exact) mass is 350 g/mol. The summed E-state index contributed by atoms with van der Waals surface area (Å²) in [5.74, 6) is 0.198. The van der Waals surface area contributed by atoms with E-state index in [-0.39, 0.29) is 11.8 Å². The Balaban J connectivity index is 2.12. The summed E-state index contributed by atoms with van der Waals surface area (Å²) >= 11 is 0. The van der Waals surface area contributed by atoms with Crippen LogP contribution in [0.1, 0.15) is 18.9 Å². The molecule has 134 valence electrons. The minimum absolute atomic E-state index is 0.250. The molecule has 0 saturated heterocycles. The Hall–Kier alpha value is -3.08. The summed E-state index contributed by atoms with van der Waals surface area (Å²) in [7, 11) is 3.41. The van der Waals surface area contributed by atoms with Gasteiger partial charge in [0.15, 0.2) is 0 Å². The van der Waals surface area contributed by atoms with Crippen LogP contribution in [0.4, 0.5) is 5.69 Å².